The van der Waals surface area contributed by atoms with Crippen molar-refractivity contribution in [2.45, 2.75) is 51.9 Å². The highest BCUT2D eigenvalue weighted by Gasteiger charge is 2.31. The van der Waals surface area contributed by atoms with E-state index in [9.17, 15) is 27.6 Å². The van der Waals surface area contributed by atoms with Crippen LogP contribution >= 0.6 is 0 Å². The summed E-state index contributed by atoms with van der Waals surface area (Å²) in [7, 11) is 0. The van der Waals surface area contributed by atoms with Gasteiger partial charge in [-0.25, -0.2) is 4.98 Å². The van der Waals surface area contributed by atoms with Crippen LogP contribution < -0.4 is 21.2 Å². The summed E-state index contributed by atoms with van der Waals surface area (Å²) in [6.45, 7) is 2.25. The van der Waals surface area contributed by atoms with Crippen molar-refractivity contribution in [3.8, 4) is 11.4 Å². The number of anilines is 2. The summed E-state index contributed by atoms with van der Waals surface area (Å²) in [6.07, 6.45) is 0.207. The van der Waals surface area contributed by atoms with Crippen LogP contribution in [-0.4, -0.2) is 38.3 Å². The molecule has 4 rings (SSSR count). The van der Waals surface area contributed by atoms with Gasteiger partial charge in [0.2, 0.25) is 0 Å². The summed E-state index contributed by atoms with van der Waals surface area (Å²) >= 11 is 0. The molecule has 0 fully saturated rings. The molecule has 0 radical (unpaired) electrons. The van der Waals surface area contributed by atoms with Crippen LogP contribution in [0.4, 0.5) is 24.7 Å². The highest BCUT2D eigenvalue weighted by molar-refractivity contribution is 5.69. The Morgan fingerprint density at radius 3 is 2.54 bits per heavy atom. The molecule has 10 nitrogen and oxygen atoms in total. The Labute approximate surface area is 208 Å². The molecule has 0 bridgehead atoms. The fourth-order valence-electron chi connectivity index (χ4n) is 4.09. The van der Waals surface area contributed by atoms with Crippen LogP contribution in [-0.2, 0) is 28.9 Å². The van der Waals surface area contributed by atoms with Gasteiger partial charge in [0, 0.05) is 24.1 Å². The summed E-state index contributed by atoms with van der Waals surface area (Å²) in [5, 5.41) is 7.36. The first-order valence-corrected chi connectivity index (χ1v) is 11.6. The van der Waals surface area contributed by atoms with Crippen molar-refractivity contribution in [3.63, 3.8) is 0 Å². The molecular formula is C24H24F3N5O5. The Kier molecular flexibility index (Phi) is 7.60. The number of carbonyl (C=O) groups excluding carboxylic acids is 1. The van der Waals surface area contributed by atoms with Crippen molar-refractivity contribution in [2.24, 2.45) is 0 Å². The Hall–Kier alpha value is -4.16. The summed E-state index contributed by atoms with van der Waals surface area (Å²) in [6, 6.07) is 4.77. The number of aromatic nitrogens is 4. The van der Waals surface area contributed by atoms with E-state index >= 15 is 0 Å². The Morgan fingerprint density at radius 1 is 1.11 bits per heavy atom. The molecule has 3 aromatic rings. The lowest BCUT2D eigenvalue weighted by molar-refractivity contribution is -0.274. The van der Waals surface area contributed by atoms with E-state index in [1.165, 1.54) is 29.2 Å². The van der Waals surface area contributed by atoms with Crippen molar-refractivity contribution in [3.05, 3.63) is 68.6 Å². The van der Waals surface area contributed by atoms with E-state index in [0.29, 0.717) is 36.8 Å². The lowest BCUT2D eigenvalue weighted by atomic mass is 10.2. The zero-order chi connectivity index (χ0) is 26.6. The van der Waals surface area contributed by atoms with Gasteiger partial charge in [-0.2, -0.15) is 4.68 Å². The Bertz CT molecular complexity index is 1400. The molecule has 0 atom stereocenters. The number of nitrogens with zero attached hydrogens (tertiary/aromatic N) is 4. The summed E-state index contributed by atoms with van der Waals surface area (Å²) in [4.78, 5) is 41.7. The number of hydrogen-bond acceptors (Lipinski definition) is 8. The average molecular weight is 519 g/mol. The van der Waals surface area contributed by atoms with Gasteiger partial charge in [-0.3, -0.25) is 19.0 Å². The van der Waals surface area contributed by atoms with Crippen LogP contribution in [0.5, 0.6) is 5.75 Å². The first kappa shape index (κ1) is 25.9. The van der Waals surface area contributed by atoms with E-state index in [0.717, 1.165) is 16.8 Å². The predicted octanol–water partition coefficient (Wildman–Crippen LogP) is 3.26. The summed E-state index contributed by atoms with van der Waals surface area (Å²) < 4.78 is 48.7. The van der Waals surface area contributed by atoms with Gasteiger partial charge in [0.05, 0.1) is 24.8 Å². The molecule has 0 saturated heterocycles. The van der Waals surface area contributed by atoms with E-state index in [1.807, 2.05) is 0 Å². The normalized spacial score (nSPS) is 12.8. The molecular weight excluding hydrogens is 495 g/mol. The number of carbonyl (C=O) groups is 1. The van der Waals surface area contributed by atoms with Gasteiger partial charge >= 0.3 is 12.3 Å². The number of rotatable bonds is 9. The van der Waals surface area contributed by atoms with Crippen LogP contribution in [0.1, 0.15) is 37.3 Å². The van der Waals surface area contributed by atoms with E-state index in [1.54, 1.807) is 6.92 Å². The highest BCUT2D eigenvalue weighted by Crippen LogP contribution is 2.28. The van der Waals surface area contributed by atoms with Crippen molar-refractivity contribution >= 4 is 17.5 Å². The van der Waals surface area contributed by atoms with Crippen LogP contribution in [0.15, 0.2) is 46.4 Å². The number of nitrogens with one attached hydrogen (secondary N) is 1. The standard InChI is InChI=1S/C24H24F3N5O5/c1-2-36-20(33)7-4-12-31-14-28-13-19(23(31)35)29-21-17-5-3-6-18(17)22(34)32(30-21)15-8-10-16(11-9-15)37-24(25,26)27/h8-11,13-14H,2-7,12H2,1H3,(H,29,30). The molecule has 0 saturated carbocycles. The smallest absolute Gasteiger partial charge is 0.466 e. The quantitative estimate of drug-likeness (QED) is 0.428. The average Bonchev–Trinajstić information content (AvgIpc) is 3.34. The molecule has 1 N–H and O–H groups in total. The molecule has 2 heterocycles. The lowest BCUT2D eigenvalue weighted by Crippen LogP contribution is -2.28. The summed E-state index contributed by atoms with van der Waals surface area (Å²) in [5.41, 5.74) is 0.783. The number of aryl methyl sites for hydroxylation is 1. The van der Waals surface area contributed by atoms with Crippen molar-refractivity contribution in [2.75, 3.05) is 11.9 Å². The molecule has 0 unspecified atom stereocenters. The van der Waals surface area contributed by atoms with Crippen molar-refractivity contribution in [1.82, 2.24) is 19.3 Å². The molecule has 1 aliphatic rings. The molecule has 1 aromatic carbocycles. The number of alkyl halides is 3. The molecule has 196 valence electrons. The van der Waals surface area contributed by atoms with Crippen LogP contribution in [0, 0.1) is 0 Å². The van der Waals surface area contributed by atoms with Crippen LogP contribution in [0.3, 0.4) is 0 Å². The zero-order valence-electron chi connectivity index (χ0n) is 19.9. The number of hydrogen-bond donors (Lipinski definition) is 1. The Balaban J connectivity index is 1.61. The minimum atomic E-state index is -4.84. The molecule has 13 heteroatoms. The molecule has 1 aliphatic carbocycles. The Morgan fingerprint density at radius 2 is 1.84 bits per heavy atom. The highest BCUT2D eigenvalue weighted by atomic mass is 19.4. The molecule has 0 amide bonds. The van der Waals surface area contributed by atoms with Crippen LogP contribution in [0.2, 0.25) is 0 Å². The van der Waals surface area contributed by atoms with Gasteiger partial charge in [-0.15, -0.1) is 18.3 Å². The topological polar surface area (TPSA) is 117 Å². The third-order valence-electron chi connectivity index (χ3n) is 5.71. The van der Waals surface area contributed by atoms with E-state index in [-0.39, 0.29) is 53.9 Å². The second kappa shape index (κ2) is 10.8. The maximum atomic E-state index is 13.1. The SMILES string of the molecule is CCOC(=O)CCCn1cncc(Nc2nn(-c3ccc(OC(F)(F)F)cc3)c(=O)c3c2CCC3)c1=O. The first-order chi connectivity index (χ1) is 17.7. The maximum absolute atomic E-state index is 13.1. The monoisotopic (exact) mass is 519 g/mol. The number of esters is 1. The van der Waals surface area contributed by atoms with Gasteiger partial charge in [0.1, 0.15) is 11.4 Å². The van der Waals surface area contributed by atoms with Crippen molar-refractivity contribution < 1.29 is 27.4 Å². The minimum absolute atomic E-state index is 0.124. The number of benzene rings is 1. The number of halogens is 3. The molecule has 2 aromatic heterocycles. The van der Waals surface area contributed by atoms with Gasteiger partial charge in [-0.05, 0) is 56.9 Å². The molecule has 0 spiro atoms. The van der Waals surface area contributed by atoms with E-state index in [4.69, 9.17) is 4.74 Å². The minimum Gasteiger partial charge on any atom is -0.466 e. The predicted molar refractivity (Wildman–Crippen MR) is 126 cm³/mol. The number of ether oxygens (including phenoxy) is 2. The van der Waals surface area contributed by atoms with Gasteiger partial charge < -0.3 is 14.8 Å². The van der Waals surface area contributed by atoms with E-state index in [2.05, 4.69) is 20.1 Å². The third-order valence-corrected chi connectivity index (χ3v) is 5.71. The van der Waals surface area contributed by atoms with Gasteiger partial charge in [0.15, 0.2) is 5.82 Å². The lowest BCUT2D eigenvalue weighted by Gasteiger charge is -2.15. The molecule has 0 aliphatic heterocycles. The van der Waals surface area contributed by atoms with E-state index < -0.39 is 12.1 Å². The maximum Gasteiger partial charge on any atom is 0.573 e. The first-order valence-electron chi connectivity index (χ1n) is 11.6. The largest absolute Gasteiger partial charge is 0.573 e. The fourth-order valence-corrected chi connectivity index (χ4v) is 4.09. The van der Waals surface area contributed by atoms with Crippen molar-refractivity contribution in [1.29, 1.82) is 0 Å². The molecule has 37 heavy (non-hydrogen) atoms. The second-order valence-electron chi connectivity index (χ2n) is 8.26. The van der Waals surface area contributed by atoms with Gasteiger partial charge in [0.25, 0.3) is 11.1 Å². The summed E-state index contributed by atoms with van der Waals surface area (Å²) in [5.74, 6) is -0.494. The van der Waals surface area contributed by atoms with Gasteiger partial charge in [-0.1, -0.05) is 0 Å². The second-order valence-corrected chi connectivity index (χ2v) is 8.26. The third kappa shape index (κ3) is 6.16. The zero-order valence-corrected chi connectivity index (χ0v) is 19.9. The fraction of sp³-hybridized carbons (Fsp3) is 0.375. The number of fused-ring (bicyclic) bond motifs is 1. The van der Waals surface area contributed by atoms with Crippen LogP contribution in [0.25, 0.3) is 5.69 Å².